The maximum absolute atomic E-state index is 12.6. The molecule has 0 aliphatic rings. The van der Waals surface area contributed by atoms with Crippen LogP contribution in [0.1, 0.15) is 16.1 Å². The first kappa shape index (κ1) is 17.8. The van der Waals surface area contributed by atoms with Crippen LogP contribution in [0, 0.1) is 0 Å². The molecule has 0 N–H and O–H groups in total. The summed E-state index contributed by atoms with van der Waals surface area (Å²) in [6.07, 6.45) is 0. The Balaban J connectivity index is 1.66. The summed E-state index contributed by atoms with van der Waals surface area (Å²) in [5.74, 6) is 0.537. The molecule has 0 amide bonds. The summed E-state index contributed by atoms with van der Waals surface area (Å²) in [5.41, 5.74) is 1.93. The lowest BCUT2D eigenvalue weighted by Crippen LogP contribution is -2.08. The van der Waals surface area contributed by atoms with E-state index in [0.29, 0.717) is 17.1 Å². The first-order valence-corrected chi connectivity index (χ1v) is 8.87. The zero-order chi connectivity index (χ0) is 19.5. The number of pyridine rings is 1. The van der Waals surface area contributed by atoms with Crippen LogP contribution >= 0.6 is 0 Å². The van der Waals surface area contributed by atoms with Crippen LogP contribution in [-0.2, 0) is 11.3 Å². The van der Waals surface area contributed by atoms with Gasteiger partial charge in [-0.3, -0.25) is 0 Å². The largest absolute Gasteiger partial charge is 0.497 e. The van der Waals surface area contributed by atoms with Gasteiger partial charge in [-0.05, 0) is 23.6 Å². The highest BCUT2D eigenvalue weighted by Crippen LogP contribution is 2.28. The summed E-state index contributed by atoms with van der Waals surface area (Å²) in [6, 6.07) is 20.9. The lowest BCUT2D eigenvalue weighted by Gasteiger charge is -2.12. The number of methoxy groups -OCH3 is 2. The fourth-order valence-electron chi connectivity index (χ4n) is 3.26. The molecule has 0 fully saturated rings. The topological polar surface area (TPSA) is 57.7 Å². The van der Waals surface area contributed by atoms with Gasteiger partial charge in [0.2, 0.25) is 0 Å². The molecule has 0 aliphatic carbocycles. The number of benzene rings is 3. The van der Waals surface area contributed by atoms with Crippen molar-refractivity contribution >= 4 is 27.6 Å². The van der Waals surface area contributed by atoms with Crippen LogP contribution in [-0.4, -0.2) is 25.2 Å². The van der Waals surface area contributed by atoms with E-state index >= 15 is 0 Å². The van der Waals surface area contributed by atoms with Gasteiger partial charge >= 0.3 is 5.97 Å². The van der Waals surface area contributed by atoms with Crippen molar-refractivity contribution in [2.45, 2.75) is 6.61 Å². The van der Waals surface area contributed by atoms with Gasteiger partial charge < -0.3 is 14.2 Å². The first-order chi connectivity index (χ1) is 13.7. The molecule has 0 saturated heterocycles. The number of aromatic nitrogens is 1. The molecule has 0 aliphatic heterocycles. The van der Waals surface area contributed by atoms with Crippen LogP contribution in [0.4, 0.5) is 0 Å². The van der Waals surface area contributed by atoms with Gasteiger partial charge in [0.15, 0.2) is 0 Å². The zero-order valence-electron chi connectivity index (χ0n) is 15.6. The van der Waals surface area contributed by atoms with Crippen molar-refractivity contribution in [1.29, 1.82) is 0 Å². The molecule has 0 radical (unpaired) electrons. The quantitative estimate of drug-likeness (QED) is 0.373. The Hall–Kier alpha value is -3.60. The van der Waals surface area contributed by atoms with Crippen molar-refractivity contribution in [3.63, 3.8) is 0 Å². The van der Waals surface area contributed by atoms with Crippen LogP contribution in [0.15, 0.2) is 66.7 Å². The lowest BCUT2D eigenvalue weighted by molar-refractivity contribution is 0.0466. The molecular weight excluding hydrogens is 354 g/mol. The van der Waals surface area contributed by atoms with E-state index in [9.17, 15) is 4.79 Å². The van der Waals surface area contributed by atoms with Crippen LogP contribution in [0.5, 0.6) is 11.5 Å². The Labute approximate surface area is 162 Å². The standard InChI is InChI=1S/C23H19NO4/c1-26-15-11-12-19(22(13-15)27-2)23(25)28-14-21-18-9-4-3-7-16(18)17-8-5-6-10-20(17)24-21/h3-13H,14H2,1-2H3. The predicted molar refractivity (Wildman–Crippen MR) is 108 cm³/mol. The monoisotopic (exact) mass is 373 g/mol. The van der Waals surface area contributed by atoms with Crippen molar-refractivity contribution in [3.8, 4) is 11.5 Å². The van der Waals surface area contributed by atoms with E-state index in [2.05, 4.69) is 6.07 Å². The minimum Gasteiger partial charge on any atom is -0.497 e. The average Bonchev–Trinajstić information content (AvgIpc) is 2.76. The Kier molecular flexibility index (Phi) is 4.81. The lowest BCUT2D eigenvalue weighted by atomic mass is 10.0. The number of ether oxygens (including phenoxy) is 3. The average molecular weight is 373 g/mol. The molecular formula is C23H19NO4. The molecule has 1 heterocycles. The fraction of sp³-hybridized carbons (Fsp3) is 0.130. The van der Waals surface area contributed by atoms with Crippen LogP contribution in [0.25, 0.3) is 21.7 Å². The minimum absolute atomic E-state index is 0.0688. The van der Waals surface area contributed by atoms with E-state index in [0.717, 1.165) is 27.4 Å². The minimum atomic E-state index is -0.474. The Bertz CT molecular complexity index is 1170. The van der Waals surface area contributed by atoms with Crippen molar-refractivity contribution in [3.05, 3.63) is 78.0 Å². The molecule has 5 heteroatoms. The maximum Gasteiger partial charge on any atom is 0.342 e. The van der Waals surface area contributed by atoms with Crippen LogP contribution in [0.2, 0.25) is 0 Å². The van der Waals surface area contributed by atoms with E-state index in [1.165, 1.54) is 7.11 Å². The van der Waals surface area contributed by atoms with Crippen molar-refractivity contribution < 1.29 is 19.0 Å². The third-order valence-electron chi connectivity index (χ3n) is 4.66. The SMILES string of the molecule is COc1ccc(C(=O)OCc2nc3ccccc3c3ccccc23)c(OC)c1. The van der Waals surface area contributed by atoms with Crippen LogP contribution < -0.4 is 9.47 Å². The normalized spacial score (nSPS) is 10.8. The van der Waals surface area contributed by atoms with E-state index in [1.54, 1.807) is 25.3 Å². The molecule has 0 bridgehead atoms. The Morgan fingerprint density at radius 3 is 2.32 bits per heavy atom. The summed E-state index contributed by atoms with van der Waals surface area (Å²) in [6.45, 7) is 0.0688. The summed E-state index contributed by atoms with van der Waals surface area (Å²) < 4.78 is 16.0. The second-order valence-electron chi connectivity index (χ2n) is 6.26. The molecule has 4 aromatic rings. The highest BCUT2D eigenvalue weighted by molar-refractivity contribution is 6.06. The second-order valence-corrected chi connectivity index (χ2v) is 6.26. The van der Waals surface area contributed by atoms with Crippen LogP contribution in [0.3, 0.4) is 0 Å². The van der Waals surface area contributed by atoms with Crippen molar-refractivity contribution in [2.24, 2.45) is 0 Å². The summed E-state index contributed by atoms with van der Waals surface area (Å²) in [7, 11) is 3.06. The van der Waals surface area contributed by atoms with Gasteiger partial charge in [0.1, 0.15) is 23.7 Å². The Morgan fingerprint density at radius 1 is 0.857 bits per heavy atom. The fourth-order valence-corrected chi connectivity index (χ4v) is 3.26. The van der Waals surface area contributed by atoms with Gasteiger partial charge in [-0.1, -0.05) is 42.5 Å². The maximum atomic E-state index is 12.6. The van der Waals surface area contributed by atoms with Crippen molar-refractivity contribution in [2.75, 3.05) is 14.2 Å². The molecule has 140 valence electrons. The number of fused-ring (bicyclic) bond motifs is 3. The molecule has 0 spiro atoms. The van der Waals surface area contributed by atoms with Gasteiger partial charge in [0.05, 0.1) is 25.4 Å². The highest BCUT2D eigenvalue weighted by Gasteiger charge is 2.16. The van der Waals surface area contributed by atoms with Gasteiger partial charge in [-0.2, -0.15) is 0 Å². The molecule has 3 aromatic carbocycles. The number of carbonyl (C=O) groups is 1. The number of para-hydroxylation sites is 1. The molecule has 4 rings (SSSR count). The van der Waals surface area contributed by atoms with E-state index < -0.39 is 5.97 Å². The number of rotatable bonds is 5. The third-order valence-corrected chi connectivity index (χ3v) is 4.66. The molecule has 5 nitrogen and oxygen atoms in total. The van der Waals surface area contributed by atoms with E-state index in [4.69, 9.17) is 19.2 Å². The van der Waals surface area contributed by atoms with Gasteiger partial charge in [-0.25, -0.2) is 9.78 Å². The number of esters is 1. The van der Waals surface area contributed by atoms with E-state index in [1.807, 2.05) is 42.5 Å². The zero-order valence-corrected chi connectivity index (χ0v) is 15.6. The van der Waals surface area contributed by atoms with E-state index in [-0.39, 0.29) is 6.61 Å². The smallest absolute Gasteiger partial charge is 0.342 e. The third kappa shape index (κ3) is 3.22. The molecule has 1 aromatic heterocycles. The van der Waals surface area contributed by atoms with Gasteiger partial charge in [0.25, 0.3) is 0 Å². The molecule has 0 saturated carbocycles. The summed E-state index contributed by atoms with van der Waals surface area (Å²) >= 11 is 0. The summed E-state index contributed by atoms with van der Waals surface area (Å²) in [4.78, 5) is 17.3. The second kappa shape index (κ2) is 7.56. The number of nitrogens with zero attached hydrogens (tertiary/aromatic N) is 1. The highest BCUT2D eigenvalue weighted by atomic mass is 16.5. The molecule has 0 atom stereocenters. The number of carbonyl (C=O) groups excluding carboxylic acids is 1. The summed E-state index contributed by atoms with van der Waals surface area (Å²) in [5, 5.41) is 3.13. The molecule has 28 heavy (non-hydrogen) atoms. The predicted octanol–water partition coefficient (Wildman–Crippen LogP) is 4.76. The Morgan fingerprint density at radius 2 is 1.57 bits per heavy atom. The number of hydrogen-bond donors (Lipinski definition) is 0. The van der Waals surface area contributed by atoms with Gasteiger partial charge in [0, 0.05) is 16.8 Å². The van der Waals surface area contributed by atoms with Gasteiger partial charge in [-0.15, -0.1) is 0 Å². The molecule has 0 unspecified atom stereocenters. The number of hydrogen-bond acceptors (Lipinski definition) is 5. The van der Waals surface area contributed by atoms with Crippen molar-refractivity contribution in [1.82, 2.24) is 4.98 Å². The first-order valence-electron chi connectivity index (χ1n) is 8.87.